The lowest BCUT2D eigenvalue weighted by Gasteiger charge is -2.34. The summed E-state index contributed by atoms with van der Waals surface area (Å²) in [4.78, 5) is 0. The standard InChI is InChI=1S/C10H12F5NO2Si/c1-17-19(3,18-2)10(13,14)16(15)8-6-4-5-7(11)9(8)12/h4-6H,1-3H3. The van der Waals surface area contributed by atoms with E-state index >= 15 is 0 Å². The van der Waals surface area contributed by atoms with Crippen molar-refractivity contribution in [3.8, 4) is 0 Å². The number of hydrogen-bond acceptors (Lipinski definition) is 3. The van der Waals surface area contributed by atoms with Crippen molar-refractivity contribution in [3.05, 3.63) is 29.8 Å². The molecule has 1 aromatic carbocycles. The Morgan fingerprint density at radius 1 is 1.16 bits per heavy atom. The van der Waals surface area contributed by atoms with Crippen LogP contribution in [0, 0.1) is 11.6 Å². The Balaban J connectivity index is 3.25. The van der Waals surface area contributed by atoms with Gasteiger partial charge >= 0.3 is 14.2 Å². The third-order valence-corrected chi connectivity index (χ3v) is 5.56. The molecule has 0 atom stereocenters. The van der Waals surface area contributed by atoms with Gasteiger partial charge in [0.15, 0.2) is 11.6 Å². The molecular weight excluding hydrogens is 289 g/mol. The van der Waals surface area contributed by atoms with Crippen LogP contribution in [0.25, 0.3) is 0 Å². The van der Waals surface area contributed by atoms with Crippen molar-refractivity contribution in [1.29, 1.82) is 0 Å². The van der Waals surface area contributed by atoms with E-state index in [1.165, 1.54) is 0 Å². The average molecular weight is 301 g/mol. The second kappa shape index (κ2) is 5.43. The molecule has 0 aliphatic rings. The summed E-state index contributed by atoms with van der Waals surface area (Å²) in [5.41, 5.74) is -5.47. The third kappa shape index (κ3) is 2.58. The van der Waals surface area contributed by atoms with Crippen LogP contribution in [0.4, 0.5) is 27.7 Å². The third-order valence-electron chi connectivity index (χ3n) is 2.71. The van der Waals surface area contributed by atoms with E-state index in [0.717, 1.165) is 26.8 Å². The van der Waals surface area contributed by atoms with Crippen LogP contribution in [0.2, 0.25) is 6.55 Å². The minimum atomic E-state index is -4.28. The summed E-state index contributed by atoms with van der Waals surface area (Å²) < 4.78 is 77.0. The van der Waals surface area contributed by atoms with Gasteiger partial charge in [0, 0.05) is 14.2 Å². The predicted molar refractivity (Wildman–Crippen MR) is 60.5 cm³/mol. The molecule has 1 aromatic rings. The smallest absolute Gasteiger partial charge is 0.393 e. The molecule has 0 aromatic heterocycles. The highest BCUT2D eigenvalue weighted by atomic mass is 28.4. The molecule has 0 fully saturated rings. The largest absolute Gasteiger partial charge is 0.441 e. The van der Waals surface area contributed by atoms with Crippen LogP contribution < -0.4 is 5.12 Å². The predicted octanol–water partition coefficient (Wildman–Crippen LogP) is 3.15. The van der Waals surface area contributed by atoms with Crippen LogP contribution in [0.15, 0.2) is 18.2 Å². The summed E-state index contributed by atoms with van der Waals surface area (Å²) in [5, 5.41) is -1.16. The van der Waals surface area contributed by atoms with E-state index in [1.54, 1.807) is 0 Å². The number of halogens is 5. The molecule has 0 saturated carbocycles. The van der Waals surface area contributed by atoms with E-state index in [2.05, 4.69) is 8.85 Å². The Bertz CT molecular complexity index is 456. The molecule has 0 unspecified atom stereocenters. The summed E-state index contributed by atoms with van der Waals surface area (Å²) in [7, 11) is -2.42. The van der Waals surface area contributed by atoms with E-state index < -0.39 is 36.7 Å². The Morgan fingerprint density at radius 2 is 1.68 bits per heavy atom. The lowest BCUT2D eigenvalue weighted by atomic mass is 10.3. The molecule has 19 heavy (non-hydrogen) atoms. The molecule has 0 radical (unpaired) electrons. The van der Waals surface area contributed by atoms with Crippen molar-refractivity contribution in [2.75, 3.05) is 19.3 Å². The number of alkyl halides is 2. The molecule has 0 saturated heterocycles. The van der Waals surface area contributed by atoms with Crippen LogP contribution in [0.5, 0.6) is 0 Å². The first-order valence-corrected chi connectivity index (χ1v) is 7.41. The highest BCUT2D eigenvalue weighted by molar-refractivity contribution is 6.69. The maximum atomic E-state index is 13.9. The van der Waals surface area contributed by atoms with Crippen molar-refractivity contribution >= 4 is 14.2 Å². The van der Waals surface area contributed by atoms with Gasteiger partial charge < -0.3 is 8.85 Å². The highest BCUT2D eigenvalue weighted by Crippen LogP contribution is 2.37. The van der Waals surface area contributed by atoms with Crippen molar-refractivity contribution < 1.29 is 30.9 Å². The Hall–Kier alpha value is -1.19. The summed E-state index contributed by atoms with van der Waals surface area (Å²) in [6.45, 7) is 0.900. The van der Waals surface area contributed by atoms with Gasteiger partial charge in [-0.15, -0.1) is 5.12 Å². The zero-order valence-corrected chi connectivity index (χ0v) is 11.4. The number of nitrogens with zero attached hydrogens (tertiary/aromatic N) is 1. The minimum Gasteiger partial charge on any atom is -0.393 e. The van der Waals surface area contributed by atoms with Gasteiger partial charge in [0.05, 0.1) is 0 Å². The topological polar surface area (TPSA) is 21.7 Å². The fourth-order valence-corrected chi connectivity index (χ4v) is 2.44. The van der Waals surface area contributed by atoms with Crippen LogP contribution in [0.3, 0.4) is 0 Å². The van der Waals surface area contributed by atoms with Crippen LogP contribution in [-0.2, 0) is 8.85 Å². The van der Waals surface area contributed by atoms with Crippen molar-refractivity contribution in [1.82, 2.24) is 0 Å². The maximum absolute atomic E-state index is 13.9. The zero-order valence-electron chi connectivity index (χ0n) is 10.4. The van der Waals surface area contributed by atoms with E-state index in [9.17, 15) is 22.0 Å². The first-order valence-electron chi connectivity index (χ1n) is 5.09. The molecular formula is C10H12F5NO2Si. The molecule has 0 aliphatic heterocycles. The molecule has 0 N–H and O–H groups in total. The second-order valence-electron chi connectivity index (χ2n) is 3.75. The number of rotatable bonds is 5. The highest BCUT2D eigenvalue weighted by Gasteiger charge is 2.62. The van der Waals surface area contributed by atoms with Crippen molar-refractivity contribution in [2.24, 2.45) is 0 Å². The fourth-order valence-electron chi connectivity index (χ4n) is 1.30. The molecule has 3 nitrogen and oxygen atoms in total. The average Bonchev–Trinajstić information content (AvgIpc) is 2.39. The van der Waals surface area contributed by atoms with Gasteiger partial charge in [-0.05, 0) is 18.7 Å². The quantitative estimate of drug-likeness (QED) is 0.361. The van der Waals surface area contributed by atoms with Gasteiger partial charge in [0.25, 0.3) is 0 Å². The zero-order chi connectivity index (χ0) is 14.8. The van der Waals surface area contributed by atoms with Crippen LogP contribution in [0.1, 0.15) is 0 Å². The molecule has 108 valence electrons. The summed E-state index contributed by atoms with van der Waals surface area (Å²) >= 11 is 0. The molecule has 9 heteroatoms. The van der Waals surface area contributed by atoms with Crippen molar-refractivity contribution in [2.45, 2.75) is 12.2 Å². The van der Waals surface area contributed by atoms with Crippen molar-refractivity contribution in [3.63, 3.8) is 0 Å². The van der Waals surface area contributed by atoms with Gasteiger partial charge in [-0.3, -0.25) is 0 Å². The first kappa shape index (κ1) is 15.9. The lowest BCUT2D eigenvalue weighted by molar-refractivity contribution is -0.0161. The molecule has 0 amide bonds. The monoisotopic (exact) mass is 301 g/mol. The summed E-state index contributed by atoms with van der Waals surface area (Å²) in [6, 6.07) is 2.29. The second-order valence-corrected chi connectivity index (χ2v) is 7.06. The molecule has 0 heterocycles. The fraction of sp³-hybridized carbons (Fsp3) is 0.400. The molecule has 0 bridgehead atoms. The van der Waals surface area contributed by atoms with Gasteiger partial charge in [0.1, 0.15) is 5.69 Å². The summed E-state index contributed by atoms with van der Waals surface area (Å²) in [5.74, 6) is -3.15. The minimum absolute atomic E-state index is 0.687. The number of anilines is 1. The molecule has 0 aliphatic carbocycles. The van der Waals surface area contributed by atoms with E-state index in [0.29, 0.717) is 12.1 Å². The van der Waals surface area contributed by atoms with Gasteiger partial charge in [-0.2, -0.15) is 8.78 Å². The lowest BCUT2D eigenvalue weighted by Crippen LogP contribution is -2.62. The Morgan fingerprint density at radius 3 is 2.16 bits per heavy atom. The molecule has 1 rings (SSSR count). The first-order chi connectivity index (χ1) is 8.71. The van der Waals surface area contributed by atoms with Crippen LogP contribution in [-0.4, -0.2) is 28.5 Å². The Kier molecular flexibility index (Phi) is 4.53. The van der Waals surface area contributed by atoms with E-state index in [1.807, 2.05) is 0 Å². The van der Waals surface area contributed by atoms with Gasteiger partial charge in [-0.25, -0.2) is 8.78 Å². The molecule has 0 spiro atoms. The maximum Gasteiger partial charge on any atom is 0.441 e. The summed E-state index contributed by atoms with van der Waals surface area (Å²) in [6.07, 6.45) is 0. The van der Waals surface area contributed by atoms with E-state index in [-0.39, 0.29) is 0 Å². The van der Waals surface area contributed by atoms with Gasteiger partial charge in [0.2, 0.25) is 0 Å². The van der Waals surface area contributed by atoms with Gasteiger partial charge in [-0.1, -0.05) is 10.5 Å². The van der Waals surface area contributed by atoms with E-state index in [4.69, 9.17) is 0 Å². The number of hydrogen-bond donors (Lipinski definition) is 0. The van der Waals surface area contributed by atoms with Crippen LogP contribution >= 0.6 is 0 Å². The number of benzene rings is 1. The normalized spacial score (nSPS) is 12.6. The SMILES string of the molecule is CO[Si](C)(OC)C(F)(F)N(F)c1cccc(F)c1F. The Labute approximate surface area is 107 Å².